The third-order valence-corrected chi connectivity index (χ3v) is 15.9. The molecule has 2 aromatic rings. The Hall–Kier alpha value is -5.59. The van der Waals surface area contributed by atoms with Crippen LogP contribution < -0.4 is 22.1 Å². The average molecular weight is 1060 g/mol. The summed E-state index contributed by atoms with van der Waals surface area (Å²) in [5.41, 5.74) is 13.8. The molecule has 0 bridgehead atoms. The predicted octanol–water partition coefficient (Wildman–Crippen LogP) is 6.78. The lowest BCUT2D eigenvalue weighted by atomic mass is 9.83. The molecule has 1 fully saturated rings. The second-order valence-electron chi connectivity index (χ2n) is 21.2. The first kappa shape index (κ1) is 62.0. The number of carbonyl (C=O) groups excluding carboxylic acids is 8. The van der Waals surface area contributed by atoms with Gasteiger partial charge in [0.15, 0.2) is 17.7 Å². The Morgan fingerprint density at radius 3 is 2.27 bits per heavy atom. The van der Waals surface area contributed by atoms with E-state index in [1.165, 1.54) is 24.3 Å². The van der Waals surface area contributed by atoms with E-state index in [-0.39, 0.29) is 85.0 Å². The van der Waals surface area contributed by atoms with Gasteiger partial charge in [0.05, 0.1) is 12.1 Å². The second kappa shape index (κ2) is 30.8. The van der Waals surface area contributed by atoms with Crippen LogP contribution in [-0.2, 0) is 51.1 Å². The molecule has 3 heterocycles. The number of carbonyl (C=O) groups is 8. The quantitative estimate of drug-likeness (QED) is 0.0427. The lowest BCUT2D eigenvalue weighted by molar-refractivity contribution is -0.149. The molecule has 2 aliphatic rings. The Bertz CT molecular complexity index is 2280. The SMILES string of the molecule is C=C1C=CC(=O)N1CCCCCC(=O)N[C@@H](CCCCN)C(=O)Cc1ccc(C[C@@H](CC(C)C(N)=O)NC(=O)c2csc([C@@H](C[C@H](C(C)C)N(C)C(=O)[C@@H](CC(=O)[C@H]3CCCCN3C)[C@@H](C)CC)OC(C)=O)n2)cc1. The molecule has 0 aliphatic carbocycles. The van der Waals surface area contributed by atoms with Crippen molar-refractivity contribution in [3.05, 3.63) is 75.9 Å². The van der Waals surface area contributed by atoms with Crippen LogP contribution in [0.4, 0.5) is 0 Å². The molecule has 4 rings (SSSR count). The lowest BCUT2D eigenvalue weighted by Gasteiger charge is -2.37. The van der Waals surface area contributed by atoms with Gasteiger partial charge in [-0.05, 0) is 107 Å². The van der Waals surface area contributed by atoms with Gasteiger partial charge < -0.3 is 36.6 Å². The summed E-state index contributed by atoms with van der Waals surface area (Å²) in [5.74, 6) is -3.18. The number of hydrogen-bond acceptors (Lipinski definition) is 13. The Balaban J connectivity index is 1.42. The van der Waals surface area contributed by atoms with Crippen LogP contribution in [-0.4, -0.2) is 125 Å². The number of nitrogens with zero attached hydrogens (tertiary/aromatic N) is 4. The molecule has 18 heteroatoms. The number of ketones is 2. The van der Waals surface area contributed by atoms with E-state index in [2.05, 4.69) is 27.1 Å². The van der Waals surface area contributed by atoms with Crippen molar-refractivity contribution >= 4 is 58.4 Å². The van der Waals surface area contributed by atoms with Crippen molar-refractivity contribution in [2.45, 2.75) is 175 Å². The second-order valence-corrected chi connectivity index (χ2v) is 22.1. The normalized spacial score (nSPS) is 17.7. The number of hydrogen-bond donors (Lipinski definition) is 4. The number of benzene rings is 1. The van der Waals surface area contributed by atoms with Crippen molar-refractivity contribution in [2.24, 2.45) is 35.1 Å². The van der Waals surface area contributed by atoms with E-state index in [9.17, 15) is 38.4 Å². The maximum Gasteiger partial charge on any atom is 0.303 e. The number of ether oxygens (including phenoxy) is 1. The molecule has 5 amide bonds. The van der Waals surface area contributed by atoms with E-state index in [0.29, 0.717) is 49.5 Å². The van der Waals surface area contributed by atoms with E-state index in [1.54, 1.807) is 35.2 Å². The molecule has 414 valence electrons. The number of piperidine rings is 1. The Kier molecular flexibility index (Phi) is 25.5. The van der Waals surface area contributed by atoms with Gasteiger partial charge in [0.25, 0.3) is 11.8 Å². The van der Waals surface area contributed by atoms with E-state index < -0.39 is 53.8 Å². The van der Waals surface area contributed by atoms with Crippen LogP contribution in [0.25, 0.3) is 0 Å². The number of unbranched alkanes of at least 4 members (excludes halogenated alkanes) is 3. The van der Waals surface area contributed by atoms with Gasteiger partial charge in [-0.3, -0.25) is 43.3 Å². The Morgan fingerprint density at radius 2 is 1.65 bits per heavy atom. The minimum atomic E-state index is -0.876. The highest BCUT2D eigenvalue weighted by atomic mass is 32.1. The van der Waals surface area contributed by atoms with Crippen molar-refractivity contribution in [3.8, 4) is 0 Å². The van der Waals surface area contributed by atoms with Crippen molar-refractivity contribution in [1.29, 1.82) is 0 Å². The number of likely N-dealkylation sites (N-methyl/N-ethyl adjacent to an activating group) is 1. The average Bonchev–Trinajstić information content (AvgIpc) is 3.99. The molecule has 0 saturated carbocycles. The molecule has 17 nitrogen and oxygen atoms in total. The number of primary amides is 1. The third kappa shape index (κ3) is 19.5. The van der Waals surface area contributed by atoms with Crippen LogP contribution in [0.1, 0.15) is 164 Å². The molecule has 1 saturated heterocycles. The van der Waals surface area contributed by atoms with Crippen LogP contribution in [0.5, 0.6) is 0 Å². The van der Waals surface area contributed by atoms with Gasteiger partial charge in [-0.25, -0.2) is 4.98 Å². The summed E-state index contributed by atoms with van der Waals surface area (Å²) in [6, 6.07) is 5.62. The van der Waals surface area contributed by atoms with Crippen LogP contribution in [0.2, 0.25) is 0 Å². The minimum Gasteiger partial charge on any atom is -0.455 e. The van der Waals surface area contributed by atoms with Gasteiger partial charge in [-0.15, -0.1) is 11.3 Å². The van der Waals surface area contributed by atoms with Crippen molar-refractivity contribution in [3.63, 3.8) is 0 Å². The largest absolute Gasteiger partial charge is 0.455 e. The fourth-order valence-electron chi connectivity index (χ4n) is 10.1. The molecule has 8 atom stereocenters. The molecular weight excluding hydrogens is 973 g/mol. The van der Waals surface area contributed by atoms with E-state index in [1.807, 2.05) is 59.0 Å². The molecule has 75 heavy (non-hydrogen) atoms. The third-order valence-electron chi connectivity index (χ3n) is 14.9. The number of nitrogens with two attached hydrogens (primary N) is 2. The summed E-state index contributed by atoms with van der Waals surface area (Å²) in [6.07, 6.45) is 11.1. The number of nitrogens with one attached hydrogen (secondary N) is 2. The van der Waals surface area contributed by atoms with Crippen LogP contribution in [0.15, 0.2) is 54.1 Å². The lowest BCUT2D eigenvalue weighted by Crippen LogP contribution is -2.48. The number of esters is 1. The summed E-state index contributed by atoms with van der Waals surface area (Å²) >= 11 is 1.17. The first-order valence-electron chi connectivity index (χ1n) is 27.1. The molecular formula is C57H86N8O9S. The minimum absolute atomic E-state index is 0.0369. The number of amides is 5. The molecule has 2 aliphatic heterocycles. The highest BCUT2D eigenvalue weighted by molar-refractivity contribution is 7.09. The summed E-state index contributed by atoms with van der Waals surface area (Å²) in [6.45, 7) is 16.8. The number of Topliss-reactive ketones (excluding diaryl/α,β-unsaturated/α-hetero) is 2. The zero-order chi connectivity index (χ0) is 55.4. The summed E-state index contributed by atoms with van der Waals surface area (Å²) in [5, 5.41) is 7.98. The first-order chi connectivity index (χ1) is 35.6. The van der Waals surface area contributed by atoms with Crippen LogP contribution in [0, 0.1) is 23.7 Å². The number of allylic oxidation sites excluding steroid dienone is 1. The molecule has 1 aromatic heterocycles. The topological polar surface area (TPSA) is 244 Å². The van der Waals surface area contributed by atoms with Crippen LogP contribution >= 0.6 is 11.3 Å². The summed E-state index contributed by atoms with van der Waals surface area (Å²) in [7, 11) is 3.72. The molecule has 1 unspecified atom stereocenters. The monoisotopic (exact) mass is 1060 g/mol. The fourth-order valence-corrected chi connectivity index (χ4v) is 10.9. The molecule has 1 aromatic carbocycles. The van der Waals surface area contributed by atoms with Gasteiger partial charge in [-0.1, -0.05) is 84.7 Å². The van der Waals surface area contributed by atoms with Crippen LogP contribution in [0.3, 0.4) is 0 Å². The maximum absolute atomic E-state index is 14.4. The van der Waals surface area contributed by atoms with Gasteiger partial charge in [-0.2, -0.15) is 0 Å². The van der Waals surface area contributed by atoms with Crippen molar-refractivity contribution in [2.75, 3.05) is 33.7 Å². The standard InChI is InChI=1S/C57H86N8O9S/c1-10-37(4)44(33-50(68)47-19-14-17-28-63(47)8)57(73)64(9)48(36(2)3)34-51(74-40(7)66)56-62-46(35-75-56)55(72)60-43(30-38(5)54(59)71)31-41-22-24-42(25-23-41)32-49(67)45(18-13-15-27-58)61-52(69)20-12-11-16-29-65-39(6)21-26-53(65)70/h21-26,35-38,43-45,47-48,51H,6,10-20,27-34,58H2,1-5,7-9H3,(H2,59,71)(H,60,72)(H,61,69)/t37-,38?,43+,44-,45-,47+,48+,51+/m0/s1. The highest BCUT2D eigenvalue weighted by Crippen LogP contribution is 2.33. The predicted molar refractivity (Wildman–Crippen MR) is 292 cm³/mol. The summed E-state index contributed by atoms with van der Waals surface area (Å²) in [4.78, 5) is 116. The van der Waals surface area contributed by atoms with Gasteiger partial charge in [0, 0.05) is 87.3 Å². The summed E-state index contributed by atoms with van der Waals surface area (Å²) < 4.78 is 5.86. The highest BCUT2D eigenvalue weighted by Gasteiger charge is 2.38. The number of likely N-dealkylation sites (tertiary alicyclic amines) is 1. The van der Waals surface area contributed by atoms with E-state index in [4.69, 9.17) is 16.2 Å². The van der Waals surface area contributed by atoms with Crippen molar-refractivity contribution in [1.82, 2.24) is 30.3 Å². The maximum atomic E-state index is 14.4. The van der Waals surface area contributed by atoms with Gasteiger partial charge >= 0.3 is 5.97 Å². The van der Waals surface area contributed by atoms with E-state index in [0.717, 1.165) is 62.6 Å². The fraction of sp³-hybridized carbons (Fsp3) is 0.632. The zero-order valence-corrected chi connectivity index (χ0v) is 46.7. The molecule has 0 radical (unpaired) electrons. The number of thiazole rings is 1. The first-order valence-corrected chi connectivity index (χ1v) is 28.0. The number of rotatable bonds is 33. The number of aromatic nitrogens is 1. The van der Waals surface area contributed by atoms with Gasteiger partial charge in [0.1, 0.15) is 10.7 Å². The Morgan fingerprint density at radius 1 is 0.947 bits per heavy atom. The van der Waals surface area contributed by atoms with Crippen molar-refractivity contribution < 1.29 is 43.1 Å². The molecule has 0 spiro atoms. The Labute approximate surface area is 449 Å². The van der Waals surface area contributed by atoms with Gasteiger partial charge in [0.2, 0.25) is 17.7 Å². The zero-order valence-electron chi connectivity index (χ0n) is 45.9. The van der Waals surface area contributed by atoms with E-state index >= 15 is 0 Å². The molecule has 6 N–H and O–H groups in total. The smallest absolute Gasteiger partial charge is 0.303 e.